The van der Waals surface area contributed by atoms with E-state index in [4.69, 9.17) is 15.2 Å². The molecule has 0 amide bonds. The molecule has 4 aromatic rings. The van der Waals surface area contributed by atoms with Crippen molar-refractivity contribution < 1.29 is 30.3 Å². The number of rotatable bonds is 3. The zero-order valence-corrected chi connectivity index (χ0v) is 20.8. The fraction of sp³-hybridized carbons (Fsp3) is 0.250. The molecule has 0 aliphatic heterocycles. The molecule has 3 aromatic carbocycles. The number of pyridine rings is 1. The molecule has 1 heterocycles. The van der Waals surface area contributed by atoms with Gasteiger partial charge in [-0.3, -0.25) is 4.98 Å². The van der Waals surface area contributed by atoms with Crippen LogP contribution in [0.3, 0.4) is 0 Å². The maximum Gasteiger partial charge on any atom is 0.0601 e. The SMILES string of the molecule is CC(O)CC(C)O.[Ir].[c-]1cccc2c1-c1nc3cccc(-c4ccccc4)c3cc1CC2. The molecule has 0 spiro atoms. The summed E-state index contributed by atoms with van der Waals surface area (Å²) < 4.78 is 0. The normalized spacial score (nSPS) is 13.6. The Labute approximate surface area is 203 Å². The molecule has 5 rings (SSSR count). The Hall–Kier alpha value is -2.36. The number of aliphatic hydroxyl groups is 2. The van der Waals surface area contributed by atoms with E-state index in [1.807, 2.05) is 6.07 Å². The van der Waals surface area contributed by atoms with Gasteiger partial charge >= 0.3 is 0 Å². The Bertz CT molecular complexity index is 1170. The van der Waals surface area contributed by atoms with Crippen LogP contribution in [0, 0.1) is 6.07 Å². The van der Waals surface area contributed by atoms with Crippen LogP contribution >= 0.6 is 0 Å². The summed E-state index contributed by atoms with van der Waals surface area (Å²) in [5.41, 5.74) is 8.52. The van der Waals surface area contributed by atoms with Crippen LogP contribution in [0.15, 0.2) is 72.8 Å². The fourth-order valence-corrected chi connectivity index (χ4v) is 4.18. The molecule has 3 nitrogen and oxygen atoms in total. The second-order valence-corrected chi connectivity index (χ2v) is 8.24. The third kappa shape index (κ3) is 5.51. The van der Waals surface area contributed by atoms with Crippen LogP contribution in [0.4, 0.5) is 0 Å². The molecule has 1 aromatic heterocycles. The monoisotopic (exact) mass is 603 g/mol. The minimum Gasteiger partial charge on any atom is -0.393 e. The van der Waals surface area contributed by atoms with Crippen molar-refractivity contribution >= 4 is 10.9 Å². The number of aromatic nitrogens is 1. The van der Waals surface area contributed by atoms with Gasteiger partial charge in [0, 0.05) is 25.5 Å². The van der Waals surface area contributed by atoms with Crippen LogP contribution in [-0.4, -0.2) is 27.4 Å². The van der Waals surface area contributed by atoms with Gasteiger partial charge < -0.3 is 10.2 Å². The summed E-state index contributed by atoms with van der Waals surface area (Å²) in [6.07, 6.45) is 1.84. The molecule has 2 unspecified atom stereocenters. The van der Waals surface area contributed by atoms with E-state index in [0.29, 0.717) is 6.42 Å². The zero-order chi connectivity index (χ0) is 21.8. The number of benzene rings is 3. The van der Waals surface area contributed by atoms with Crippen molar-refractivity contribution in [2.75, 3.05) is 0 Å². The number of hydrogen-bond acceptors (Lipinski definition) is 3. The Kier molecular flexibility index (Phi) is 8.33. The minimum atomic E-state index is -0.375. The zero-order valence-electron chi connectivity index (χ0n) is 18.4. The standard InChI is InChI=1S/C23H16N.C5H12O2.Ir/c1-2-7-16(8-3-1)19-11-6-12-22-21(19)15-18-14-13-17-9-4-5-10-20(17)23(18)24-22;1-4(6)3-5(2)7;/h1-9,11-12,15H,13-14H2;4-7H,3H2,1-2H3;/q-1;;. The van der Waals surface area contributed by atoms with Gasteiger partial charge in [-0.2, -0.15) is 0 Å². The fourth-order valence-electron chi connectivity index (χ4n) is 4.18. The molecular formula is C28H28IrNO2-. The number of aryl methyl sites for hydroxylation is 2. The van der Waals surface area contributed by atoms with Gasteiger partial charge in [0.2, 0.25) is 0 Å². The maximum absolute atomic E-state index is 8.56. The molecule has 167 valence electrons. The Morgan fingerprint density at radius 2 is 1.59 bits per heavy atom. The Morgan fingerprint density at radius 3 is 2.28 bits per heavy atom. The largest absolute Gasteiger partial charge is 0.393 e. The summed E-state index contributed by atoms with van der Waals surface area (Å²) in [7, 11) is 0. The van der Waals surface area contributed by atoms with E-state index in [1.54, 1.807) is 13.8 Å². The predicted octanol–water partition coefficient (Wildman–Crippen LogP) is 5.60. The topological polar surface area (TPSA) is 53.4 Å². The molecule has 0 saturated carbocycles. The van der Waals surface area contributed by atoms with E-state index in [2.05, 4.69) is 72.8 Å². The maximum atomic E-state index is 8.56. The van der Waals surface area contributed by atoms with E-state index in [-0.39, 0.29) is 32.3 Å². The van der Waals surface area contributed by atoms with Gasteiger partial charge in [-0.25, -0.2) is 0 Å². The van der Waals surface area contributed by atoms with Gasteiger partial charge in [-0.05, 0) is 49.6 Å². The van der Waals surface area contributed by atoms with Crippen LogP contribution in [0.5, 0.6) is 0 Å². The summed E-state index contributed by atoms with van der Waals surface area (Å²) in [5.74, 6) is 0. The second-order valence-electron chi connectivity index (χ2n) is 8.24. The summed E-state index contributed by atoms with van der Waals surface area (Å²) in [6, 6.07) is 28.9. The summed E-state index contributed by atoms with van der Waals surface area (Å²) >= 11 is 0. The van der Waals surface area contributed by atoms with Crippen molar-refractivity contribution in [2.45, 2.75) is 45.3 Å². The van der Waals surface area contributed by atoms with Crippen LogP contribution < -0.4 is 0 Å². The van der Waals surface area contributed by atoms with E-state index in [9.17, 15) is 0 Å². The molecular weight excluding hydrogens is 575 g/mol. The van der Waals surface area contributed by atoms with Crippen LogP contribution in [0.25, 0.3) is 33.3 Å². The van der Waals surface area contributed by atoms with Crippen molar-refractivity contribution in [3.05, 3.63) is 90.0 Å². The molecule has 4 heteroatoms. The first-order chi connectivity index (χ1) is 15.0. The molecule has 1 radical (unpaired) electrons. The van der Waals surface area contributed by atoms with Crippen molar-refractivity contribution in [1.82, 2.24) is 4.98 Å². The molecule has 1 aliphatic rings. The van der Waals surface area contributed by atoms with Crippen LogP contribution in [0.2, 0.25) is 0 Å². The average Bonchev–Trinajstić information content (AvgIpc) is 2.77. The first-order valence-corrected chi connectivity index (χ1v) is 10.9. The molecule has 0 bridgehead atoms. The first kappa shape index (κ1) is 24.3. The molecule has 0 saturated heterocycles. The van der Waals surface area contributed by atoms with E-state index >= 15 is 0 Å². The van der Waals surface area contributed by atoms with Crippen molar-refractivity contribution in [3.63, 3.8) is 0 Å². The van der Waals surface area contributed by atoms with Gasteiger partial charge in [0.15, 0.2) is 0 Å². The van der Waals surface area contributed by atoms with Gasteiger partial charge in [-0.15, -0.1) is 35.4 Å². The average molecular weight is 603 g/mol. The molecule has 2 N–H and O–H groups in total. The molecule has 0 fully saturated rings. The van der Waals surface area contributed by atoms with Crippen LogP contribution in [-0.2, 0) is 32.9 Å². The number of hydrogen-bond donors (Lipinski definition) is 2. The predicted molar refractivity (Wildman–Crippen MR) is 127 cm³/mol. The van der Waals surface area contributed by atoms with Crippen LogP contribution in [0.1, 0.15) is 31.4 Å². The third-order valence-corrected chi connectivity index (χ3v) is 5.55. The van der Waals surface area contributed by atoms with E-state index in [1.165, 1.54) is 33.2 Å². The van der Waals surface area contributed by atoms with E-state index < -0.39 is 0 Å². The summed E-state index contributed by atoms with van der Waals surface area (Å²) in [6.45, 7) is 3.32. The summed E-state index contributed by atoms with van der Waals surface area (Å²) in [5, 5.41) is 18.4. The van der Waals surface area contributed by atoms with Crippen molar-refractivity contribution in [1.29, 1.82) is 0 Å². The summed E-state index contributed by atoms with van der Waals surface area (Å²) in [4.78, 5) is 5.01. The smallest absolute Gasteiger partial charge is 0.0601 e. The number of aliphatic hydroxyl groups excluding tert-OH is 2. The second kappa shape index (κ2) is 11.0. The minimum absolute atomic E-state index is 0. The first-order valence-electron chi connectivity index (χ1n) is 10.9. The quantitative estimate of drug-likeness (QED) is 0.300. The van der Waals surface area contributed by atoms with Gasteiger partial charge in [-0.1, -0.05) is 60.5 Å². The molecule has 32 heavy (non-hydrogen) atoms. The van der Waals surface area contributed by atoms with E-state index in [0.717, 1.165) is 24.1 Å². The third-order valence-electron chi connectivity index (χ3n) is 5.55. The molecule has 1 aliphatic carbocycles. The Balaban J connectivity index is 0.000000318. The van der Waals surface area contributed by atoms with Gasteiger partial charge in [0.1, 0.15) is 0 Å². The van der Waals surface area contributed by atoms with Crippen molar-refractivity contribution in [2.24, 2.45) is 0 Å². The number of nitrogens with zero attached hydrogens (tertiary/aromatic N) is 1. The van der Waals surface area contributed by atoms with Gasteiger partial charge in [0.05, 0.1) is 17.7 Å². The number of fused-ring (bicyclic) bond motifs is 4. The molecule has 2 atom stereocenters. The van der Waals surface area contributed by atoms with Gasteiger partial charge in [0.25, 0.3) is 0 Å². The Morgan fingerprint density at radius 1 is 0.875 bits per heavy atom. The van der Waals surface area contributed by atoms with Crippen molar-refractivity contribution in [3.8, 4) is 22.4 Å².